The van der Waals surface area contributed by atoms with Crippen molar-refractivity contribution < 1.29 is 41.7 Å². The fourth-order valence-electron chi connectivity index (χ4n) is 6.63. The maximum atomic E-state index is 16.0. The number of sulfonamides is 1. The topological polar surface area (TPSA) is 149 Å². The van der Waals surface area contributed by atoms with E-state index < -0.39 is 47.0 Å². The Hall–Kier alpha value is -3.34. The van der Waals surface area contributed by atoms with Crippen LogP contribution in [0.3, 0.4) is 0 Å². The normalized spacial score (nSPS) is 23.6. The number of rotatable bonds is 14. The third-order valence-corrected chi connectivity index (χ3v) is 12.3. The van der Waals surface area contributed by atoms with Gasteiger partial charge in [0.15, 0.2) is 17.7 Å². The molecule has 12 nitrogen and oxygen atoms in total. The van der Waals surface area contributed by atoms with Crippen molar-refractivity contribution in [2.24, 2.45) is 17.8 Å². The zero-order valence-corrected chi connectivity index (χ0v) is 29.1. The molecule has 2 bridgehead atoms. The van der Waals surface area contributed by atoms with Gasteiger partial charge in [0.2, 0.25) is 10.0 Å². The lowest BCUT2D eigenvalue weighted by Crippen LogP contribution is -2.53. The number of ether oxygens (including phenoxy) is 4. The molecule has 3 aromatic rings. The number of benzene rings is 2. The second-order valence-electron chi connectivity index (χ2n) is 13.5. The van der Waals surface area contributed by atoms with E-state index in [0.29, 0.717) is 50.4 Å². The highest BCUT2D eigenvalue weighted by Crippen LogP contribution is 2.48. The largest absolute Gasteiger partial charge is 0.497 e. The summed E-state index contributed by atoms with van der Waals surface area (Å²) in [6.45, 7) is 3.20. The Morgan fingerprint density at radius 3 is 2.67 bits per heavy atom. The average Bonchev–Trinajstić information content (AvgIpc) is 3.54. The second-order valence-corrected chi connectivity index (χ2v) is 16.4. The summed E-state index contributed by atoms with van der Waals surface area (Å²) < 4.78 is 68.1. The number of alkyl carbamates (subject to hydrolysis) is 1. The molecule has 49 heavy (non-hydrogen) atoms. The van der Waals surface area contributed by atoms with Crippen molar-refractivity contribution in [2.75, 3.05) is 32.2 Å². The van der Waals surface area contributed by atoms with Crippen LogP contribution in [0.5, 0.6) is 5.75 Å². The van der Waals surface area contributed by atoms with Crippen LogP contribution >= 0.6 is 11.3 Å². The van der Waals surface area contributed by atoms with E-state index in [0.717, 1.165) is 30.4 Å². The van der Waals surface area contributed by atoms with Crippen LogP contribution in [0.2, 0.25) is 0 Å². The fraction of sp³-hybridized carbons (Fsp3) is 0.529. The van der Waals surface area contributed by atoms with Crippen molar-refractivity contribution in [3.8, 4) is 5.75 Å². The van der Waals surface area contributed by atoms with Gasteiger partial charge in [-0.05, 0) is 67.5 Å². The molecule has 0 radical (unpaired) electrons. The predicted molar refractivity (Wildman–Crippen MR) is 180 cm³/mol. The van der Waals surface area contributed by atoms with Crippen LogP contribution in [0.25, 0.3) is 10.2 Å². The molecule has 1 amide bonds. The van der Waals surface area contributed by atoms with Crippen LogP contribution in [0.15, 0.2) is 58.7 Å². The van der Waals surface area contributed by atoms with Gasteiger partial charge < -0.3 is 34.7 Å². The average molecular weight is 717 g/mol. The number of hydrogen-bond donors (Lipinski definition) is 3. The van der Waals surface area contributed by atoms with Crippen LogP contribution in [-0.2, 0) is 30.7 Å². The lowest BCUT2D eigenvalue weighted by atomic mass is 9.99. The fourth-order valence-corrected chi connectivity index (χ4v) is 9.32. The Morgan fingerprint density at radius 2 is 1.96 bits per heavy atom. The minimum Gasteiger partial charge on any atom is -0.497 e. The Balaban J connectivity index is 1.14. The minimum absolute atomic E-state index is 0.0451. The Bertz CT molecular complexity index is 1830. The first kappa shape index (κ1) is 34.1. The van der Waals surface area contributed by atoms with E-state index in [1.807, 2.05) is 0 Å². The van der Waals surface area contributed by atoms with Crippen molar-refractivity contribution in [3.63, 3.8) is 0 Å². The molecule has 264 valence electrons. The maximum Gasteiger partial charge on any atom is 0.412 e. The molecule has 3 fully saturated rings. The lowest BCUT2D eigenvalue weighted by molar-refractivity contribution is -0.161. The zero-order valence-electron chi connectivity index (χ0n) is 27.5. The molecule has 2 aliphatic carbocycles. The molecule has 2 aliphatic heterocycles. The summed E-state index contributed by atoms with van der Waals surface area (Å²) in [6.07, 6.45) is -1.62. The van der Waals surface area contributed by atoms with Crippen LogP contribution in [0.4, 0.5) is 14.3 Å². The molecule has 0 spiro atoms. The number of aliphatic hydroxyl groups excluding tert-OH is 1. The van der Waals surface area contributed by atoms with Crippen LogP contribution in [0, 0.1) is 17.8 Å². The second kappa shape index (κ2) is 13.8. The highest BCUT2D eigenvalue weighted by Gasteiger charge is 2.49. The van der Waals surface area contributed by atoms with E-state index in [4.69, 9.17) is 18.9 Å². The number of amides is 1. The van der Waals surface area contributed by atoms with Gasteiger partial charge in [-0.15, -0.1) is 0 Å². The first-order valence-electron chi connectivity index (χ1n) is 16.6. The molecule has 4 aliphatic rings. The maximum absolute atomic E-state index is 16.0. The molecule has 4 unspecified atom stereocenters. The van der Waals surface area contributed by atoms with Crippen molar-refractivity contribution in [2.45, 2.75) is 75.2 Å². The molecule has 15 heteroatoms. The number of aliphatic hydroxyl groups is 1. The van der Waals surface area contributed by atoms with E-state index in [-0.39, 0.29) is 29.4 Å². The number of halogens is 1. The molecule has 3 N–H and O–H groups in total. The molecule has 3 heterocycles. The number of hydrogen-bond acceptors (Lipinski definition) is 11. The van der Waals surface area contributed by atoms with Crippen molar-refractivity contribution in [1.82, 2.24) is 14.6 Å². The van der Waals surface area contributed by atoms with Gasteiger partial charge in [-0.3, -0.25) is 0 Å². The van der Waals surface area contributed by atoms with Gasteiger partial charge in [0.25, 0.3) is 0 Å². The quantitative estimate of drug-likeness (QED) is 0.199. The third kappa shape index (κ3) is 7.14. The van der Waals surface area contributed by atoms with Gasteiger partial charge in [0.1, 0.15) is 11.5 Å². The van der Waals surface area contributed by atoms with E-state index >= 15 is 4.39 Å². The number of nitrogens with one attached hydrogen (secondary N) is 2. The molecular formula is C34H41FN4O8S2. The Kier molecular flexibility index (Phi) is 9.58. The first-order valence-corrected chi connectivity index (χ1v) is 18.8. The SMILES string of the molecule is COc1ccc(C[C@H](NC(=O)OC2=C3COC4OCC2CC34)[C@H](O)CN(C(F)C(C)C)S(=O)(=O)c2ccc3nc(NC4CC4)sc3c2)cc1. The van der Waals surface area contributed by atoms with Crippen molar-refractivity contribution >= 4 is 42.8 Å². The number of carbonyl (C=O) groups excluding carboxylic acids is 1. The summed E-state index contributed by atoms with van der Waals surface area (Å²) >= 11 is 1.34. The zero-order chi connectivity index (χ0) is 34.4. The molecule has 7 rings (SSSR count). The molecule has 2 aromatic carbocycles. The number of carbonyl (C=O) groups is 1. The highest BCUT2D eigenvalue weighted by molar-refractivity contribution is 7.89. The number of aromatic nitrogens is 1. The minimum atomic E-state index is -4.45. The summed E-state index contributed by atoms with van der Waals surface area (Å²) in [5, 5.41) is 18.5. The van der Waals surface area contributed by atoms with E-state index in [1.165, 1.54) is 23.5 Å². The van der Waals surface area contributed by atoms with Gasteiger partial charge in [0.05, 0.1) is 47.6 Å². The van der Waals surface area contributed by atoms with Crippen molar-refractivity contribution in [1.29, 1.82) is 0 Å². The van der Waals surface area contributed by atoms with Crippen LogP contribution in [0.1, 0.15) is 38.7 Å². The molecule has 6 atom stereocenters. The number of alkyl halides is 1. The van der Waals surface area contributed by atoms with Crippen molar-refractivity contribution in [3.05, 3.63) is 59.4 Å². The van der Waals surface area contributed by atoms with Gasteiger partial charge in [-0.25, -0.2) is 22.6 Å². The number of fused-ring (bicyclic) bond motifs is 2. The van der Waals surface area contributed by atoms with Crippen LogP contribution < -0.4 is 15.4 Å². The smallest absolute Gasteiger partial charge is 0.412 e. The standard InChI is InChI=1S/C34H41FN4O8S2/c1-18(2)31(35)39(49(42,43)23-10-11-26-29(14-23)48-33(37-26)36-21-6-7-21)15-28(40)27(12-19-4-8-22(44-3)9-5-19)38-34(41)47-30-20-13-24-25(30)17-46-32(24)45-16-20/h4-5,8-11,14,18,20-21,24,27-28,31-32,40H,6-7,12-13,15-17H2,1-3H3,(H,36,37)(H,38,41)/t20?,24?,27-,28+,31?,32?/m0/s1. The Morgan fingerprint density at radius 1 is 1.18 bits per heavy atom. The first-order chi connectivity index (χ1) is 23.5. The number of nitrogens with zero attached hydrogens (tertiary/aromatic N) is 2. The van der Waals surface area contributed by atoms with E-state index in [9.17, 15) is 18.3 Å². The highest BCUT2D eigenvalue weighted by atomic mass is 32.2. The summed E-state index contributed by atoms with van der Waals surface area (Å²) in [5.41, 5.74) is 2.26. The number of thiazole rings is 1. The van der Waals surface area contributed by atoms with E-state index in [1.54, 1.807) is 51.3 Å². The number of anilines is 1. The Labute approximate surface area is 288 Å². The summed E-state index contributed by atoms with van der Waals surface area (Å²) in [6, 6.07) is 10.9. The lowest BCUT2D eigenvalue weighted by Gasteiger charge is -2.32. The van der Waals surface area contributed by atoms with Gasteiger partial charge >= 0.3 is 6.09 Å². The van der Waals surface area contributed by atoms with Gasteiger partial charge in [-0.2, -0.15) is 4.31 Å². The van der Waals surface area contributed by atoms with Crippen LogP contribution in [-0.4, -0.2) is 86.5 Å². The molecular weight excluding hydrogens is 676 g/mol. The number of methoxy groups -OCH3 is 1. The molecule has 1 saturated carbocycles. The molecule has 1 aromatic heterocycles. The summed E-state index contributed by atoms with van der Waals surface area (Å²) in [5.74, 6) is 0.379. The third-order valence-electron chi connectivity index (χ3n) is 9.52. The van der Waals surface area contributed by atoms with Gasteiger partial charge in [-0.1, -0.05) is 37.3 Å². The predicted octanol–water partition coefficient (Wildman–Crippen LogP) is 4.80. The monoisotopic (exact) mass is 716 g/mol. The molecule has 2 saturated heterocycles. The summed E-state index contributed by atoms with van der Waals surface area (Å²) in [7, 11) is -2.91. The van der Waals surface area contributed by atoms with E-state index in [2.05, 4.69) is 15.6 Å². The van der Waals surface area contributed by atoms with Gasteiger partial charge in [0, 0.05) is 30.0 Å². The summed E-state index contributed by atoms with van der Waals surface area (Å²) in [4.78, 5) is 17.8.